The van der Waals surface area contributed by atoms with E-state index in [2.05, 4.69) is 188 Å². The van der Waals surface area contributed by atoms with Gasteiger partial charge in [0.1, 0.15) is 0 Å². The third kappa shape index (κ3) is 4.58. The molecule has 0 bridgehead atoms. The van der Waals surface area contributed by atoms with Crippen LogP contribution in [0.1, 0.15) is 37.3 Å². The van der Waals surface area contributed by atoms with Gasteiger partial charge in [0.2, 0.25) is 0 Å². The van der Waals surface area contributed by atoms with Crippen molar-refractivity contribution >= 4 is 67.3 Å². The largest absolute Gasteiger partial charge is 0.344 e. The summed E-state index contributed by atoms with van der Waals surface area (Å²) in [5.74, 6) is 0.380. The summed E-state index contributed by atoms with van der Waals surface area (Å²) < 4.78 is 2.39. The maximum absolute atomic E-state index is 2.47. The Balaban J connectivity index is 1.43. The van der Waals surface area contributed by atoms with E-state index < -0.39 is 0 Å². The van der Waals surface area contributed by atoms with Crippen LogP contribution in [0, 0.1) is 6.92 Å². The third-order valence-corrected chi connectivity index (χ3v) is 10.1. The molecule has 4 nitrogen and oxygen atoms in total. The standard InChI is InChI=1S/C43H40N4/c1-6-29(2)33-25-39-34(26-41(33)46(31-18-9-7-10-19-31)36-22-14-13-17-30(36)3)35-27-42-43(28-40(35)45(39)5)47(32-20-11-8-12-21-32)38-24-16-15-23-37(38)44(42)4/h7-29H,6H2,1-5H3. The lowest BCUT2D eigenvalue weighted by Gasteiger charge is -2.38. The summed E-state index contributed by atoms with van der Waals surface area (Å²) >= 11 is 0. The van der Waals surface area contributed by atoms with Crippen molar-refractivity contribution in [2.24, 2.45) is 7.05 Å². The summed E-state index contributed by atoms with van der Waals surface area (Å²) in [5, 5.41) is 2.52. The first kappa shape index (κ1) is 29.0. The SMILES string of the molecule is CCC(C)c1cc2c(cc1N(c1ccccc1)c1ccccc1C)c1cc3c(cc1n2C)N(c1ccccc1)c1ccccc1N3C. The van der Waals surface area contributed by atoms with Gasteiger partial charge in [0, 0.05) is 47.4 Å². The highest BCUT2D eigenvalue weighted by Gasteiger charge is 2.30. The zero-order valence-electron chi connectivity index (χ0n) is 27.8. The van der Waals surface area contributed by atoms with Gasteiger partial charge in [0.05, 0.1) is 34.0 Å². The second-order valence-electron chi connectivity index (χ2n) is 12.8. The van der Waals surface area contributed by atoms with E-state index in [0.717, 1.165) is 17.8 Å². The maximum atomic E-state index is 2.47. The smallest absolute Gasteiger partial charge is 0.0720 e. The fourth-order valence-corrected chi connectivity index (χ4v) is 7.38. The molecule has 1 unspecified atom stereocenters. The molecule has 0 fully saturated rings. The van der Waals surface area contributed by atoms with Crippen molar-refractivity contribution < 1.29 is 0 Å². The predicted molar refractivity (Wildman–Crippen MR) is 201 cm³/mol. The van der Waals surface area contributed by atoms with E-state index in [1.54, 1.807) is 0 Å². The summed E-state index contributed by atoms with van der Waals surface area (Å²) in [6, 6.07) is 48.7. The third-order valence-electron chi connectivity index (χ3n) is 10.1. The molecular formula is C43H40N4. The Morgan fingerprint density at radius 1 is 0.596 bits per heavy atom. The molecule has 0 saturated heterocycles. The van der Waals surface area contributed by atoms with Crippen molar-refractivity contribution in [3.8, 4) is 0 Å². The molecule has 1 atom stereocenters. The van der Waals surface area contributed by atoms with Gasteiger partial charge in [-0.2, -0.15) is 0 Å². The zero-order valence-corrected chi connectivity index (χ0v) is 27.8. The van der Waals surface area contributed by atoms with Gasteiger partial charge in [-0.1, -0.05) is 80.6 Å². The number of hydrogen-bond acceptors (Lipinski definition) is 3. The Hall–Kier alpha value is -5.48. The van der Waals surface area contributed by atoms with Crippen LogP contribution in [0.3, 0.4) is 0 Å². The minimum absolute atomic E-state index is 0.380. The molecule has 0 aliphatic carbocycles. The van der Waals surface area contributed by atoms with Gasteiger partial charge in [0.15, 0.2) is 0 Å². The molecule has 0 spiro atoms. The van der Waals surface area contributed by atoms with Crippen LogP contribution in [0.25, 0.3) is 21.8 Å². The average molecular weight is 613 g/mol. The van der Waals surface area contributed by atoms with Crippen molar-refractivity contribution in [1.29, 1.82) is 0 Å². The molecule has 0 radical (unpaired) electrons. The molecule has 0 saturated carbocycles. The molecule has 1 aliphatic heterocycles. The number of rotatable bonds is 6. The first-order valence-electron chi connectivity index (χ1n) is 16.6. The number of aryl methyl sites for hydroxylation is 2. The lowest BCUT2D eigenvalue weighted by atomic mass is 9.93. The topological polar surface area (TPSA) is 14.7 Å². The molecule has 7 aromatic rings. The second-order valence-corrected chi connectivity index (χ2v) is 12.8. The van der Waals surface area contributed by atoms with Crippen LogP contribution in [-0.2, 0) is 7.05 Å². The molecule has 8 rings (SSSR count). The van der Waals surface area contributed by atoms with Gasteiger partial charge >= 0.3 is 0 Å². The van der Waals surface area contributed by atoms with Gasteiger partial charge in [-0.3, -0.25) is 0 Å². The summed E-state index contributed by atoms with van der Waals surface area (Å²) in [4.78, 5) is 7.22. The molecule has 0 amide bonds. The normalized spacial score (nSPS) is 13.1. The molecule has 4 heteroatoms. The van der Waals surface area contributed by atoms with Crippen molar-refractivity contribution in [1.82, 2.24) is 4.57 Å². The maximum Gasteiger partial charge on any atom is 0.0720 e. The monoisotopic (exact) mass is 612 g/mol. The Labute approximate surface area is 277 Å². The van der Waals surface area contributed by atoms with Crippen molar-refractivity contribution in [2.45, 2.75) is 33.1 Å². The number of benzene rings is 6. The van der Waals surface area contributed by atoms with Crippen LogP contribution < -0.4 is 14.7 Å². The highest BCUT2D eigenvalue weighted by Crippen LogP contribution is 2.53. The highest BCUT2D eigenvalue weighted by molar-refractivity contribution is 6.14. The Kier molecular flexibility index (Phi) is 7.02. The highest BCUT2D eigenvalue weighted by atomic mass is 15.3. The lowest BCUT2D eigenvalue weighted by molar-refractivity contribution is 0.734. The molecule has 2 heterocycles. The number of anilines is 8. The van der Waals surface area contributed by atoms with Gasteiger partial charge in [-0.05, 0) is 97.1 Å². The predicted octanol–water partition coefficient (Wildman–Crippen LogP) is 12.2. The molecule has 6 aromatic carbocycles. The van der Waals surface area contributed by atoms with Crippen LogP contribution in [-0.4, -0.2) is 11.6 Å². The lowest BCUT2D eigenvalue weighted by Crippen LogP contribution is -2.24. The second kappa shape index (κ2) is 11.4. The van der Waals surface area contributed by atoms with Crippen LogP contribution in [0.15, 0.2) is 133 Å². The van der Waals surface area contributed by atoms with Gasteiger partial charge in [-0.15, -0.1) is 0 Å². The number of nitrogens with zero attached hydrogens (tertiary/aromatic N) is 4. The zero-order chi connectivity index (χ0) is 32.2. The summed E-state index contributed by atoms with van der Waals surface area (Å²) in [6.07, 6.45) is 1.06. The van der Waals surface area contributed by atoms with E-state index in [9.17, 15) is 0 Å². The minimum Gasteiger partial charge on any atom is -0.344 e. The van der Waals surface area contributed by atoms with Crippen molar-refractivity contribution in [2.75, 3.05) is 21.7 Å². The quantitative estimate of drug-likeness (QED) is 0.186. The summed E-state index contributed by atoms with van der Waals surface area (Å²) in [5.41, 5.74) is 14.6. The first-order valence-corrected chi connectivity index (χ1v) is 16.6. The number of para-hydroxylation sites is 5. The van der Waals surface area contributed by atoms with E-state index in [4.69, 9.17) is 0 Å². The molecule has 0 N–H and O–H groups in total. The molecule has 232 valence electrons. The van der Waals surface area contributed by atoms with Gasteiger partial charge in [-0.25, -0.2) is 0 Å². The Morgan fingerprint density at radius 3 is 1.94 bits per heavy atom. The number of hydrogen-bond donors (Lipinski definition) is 0. The van der Waals surface area contributed by atoms with Gasteiger partial charge < -0.3 is 19.3 Å². The molecule has 1 aromatic heterocycles. The molecular weight excluding hydrogens is 573 g/mol. The van der Waals surface area contributed by atoms with Crippen molar-refractivity contribution in [3.05, 3.63) is 145 Å². The summed E-state index contributed by atoms with van der Waals surface area (Å²) in [7, 11) is 4.42. The van der Waals surface area contributed by atoms with Crippen LogP contribution in [0.4, 0.5) is 45.5 Å². The van der Waals surface area contributed by atoms with Gasteiger partial charge in [0.25, 0.3) is 0 Å². The number of aromatic nitrogens is 1. The fourth-order valence-electron chi connectivity index (χ4n) is 7.38. The average Bonchev–Trinajstić information content (AvgIpc) is 3.38. The van der Waals surface area contributed by atoms with E-state index in [1.807, 2.05) is 0 Å². The first-order chi connectivity index (χ1) is 23.0. The number of fused-ring (bicyclic) bond motifs is 5. The molecule has 1 aliphatic rings. The van der Waals surface area contributed by atoms with E-state index in [-0.39, 0.29) is 0 Å². The Bertz CT molecular complexity index is 2250. The molecule has 47 heavy (non-hydrogen) atoms. The van der Waals surface area contributed by atoms with E-state index in [0.29, 0.717) is 5.92 Å². The van der Waals surface area contributed by atoms with E-state index >= 15 is 0 Å². The fraction of sp³-hybridized carbons (Fsp3) is 0.163. The minimum atomic E-state index is 0.380. The van der Waals surface area contributed by atoms with Crippen LogP contribution >= 0.6 is 0 Å². The van der Waals surface area contributed by atoms with E-state index in [1.165, 1.54) is 67.1 Å². The Morgan fingerprint density at radius 2 is 1.21 bits per heavy atom. The summed E-state index contributed by atoms with van der Waals surface area (Å²) in [6.45, 7) is 6.86. The van der Waals surface area contributed by atoms with Crippen molar-refractivity contribution in [3.63, 3.8) is 0 Å². The van der Waals surface area contributed by atoms with Crippen LogP contribution in [0.5, 0.6) is 0 Å². The van der Waals surface area contributed by atoms with Crippen LogP contribution in [0.2, 0.25) is 0 Å².